The first-order valence-electron chi connectivity index (χ1n) is 6.88. The molecule has 0 spiro atoms. The second kappa shape index (κ2) is 7.02. The Morgan fingerprint density at radius 3 is 1.68 bits per heavy atom. The van der Waals surface area contributed by atoms with Crippen molar-refractivity contribution < 1.29 is 8.42 Å². The van der Waals surface area contributed by atoms with Gasteiger partial charge in [-0.1, -0.05) is 23.2 Å². The number of nitrogens with zero attached hydrogens (tertiary/aromatic N) is 2. The molecule has 128 valence electrons. The summed E-state index contributed by atoms with van der Waals surface area (Å²) in [7, 11) is -2.95. The minimum Gasteiger partial charge on any atom is -0.251 e. The molecular weight excluding hydrogens is 439 g/mol. The van der Waals surface area contributed by atoms with Crippen molar-refractivity contribution in [3.8, 4) is 0 Å². The molecule has 4 aromatic rings. The van der Waals surface area contributed by atoms with Crippen molar-refractivity contribution in [3.63, 3.8) is 0 Å². The van der Waals surface area contributed by atoms with Gasteiger partial charge in [-0.3, -0.25) is 8.42 Å². The first kappa shape index (κ1) is 17.5. The lowest BCUT2D eigenvalue weighted by molar-refractivity contribution is 0.679. The van der Waals surface area contributed by atoms with Crippen LogP contribution in [0.1, 0.15) is 0 Å². The van der Waals surface area contributed by atoms with Crippen molar-refractivity contribution in [1.29, 1.82) is 0 Å². The van der Waals surface area contributed by atoms with Crippen molar-refractivity contribution in [1.82, 2.24) is 9.97 Å². The van der Waals surface area contributed by atoms with Gasteiger partial charge in [0, 0.05) is 10.0 Å². The van der Waals surface area contributed by atoms with Gasteiger partial charge in [0.25, 0.3) is 0 Å². The summed E-state index contributed by atoms with van der Waals surface area (Å²) in [4.78, 5) is 8.69. The van der Waals surface area contributed by atoms with Gasteiger partial charge in [0.1, 0.15) is 5.08 Å². The number of rotatable bonds is 4. The molecule has 0 radical (unpaired) electrons. The van der Waals surface area contributed by atoms with Gasteiger partial charge in [-0.25, -0.2) is 9.97 Å². The van der Waals surface area contributed by atoms with Crippen LogP contribution in [0.3, 0.4) is 0 Å². The first-order chi connectivity index (χ1) is 12.0. The van der Waals surface area contributed by atoms with E-state index in [2.05, 4.69) is 9.97 Å². The smallest absolute Gasteiger partial charge is 0.182 e. The summed E-state index contributed by atoms with van der Waals surface area (Å²) >= 11 is 14.5. The molecule has 25 heavy (non-hydrogen) atoms. The van der Waals surface area contributed by atoms with E-state index in [0.717, 1.165) is 20.4 Å². The van der Waals surface area contributed by atoms with Crippen molar-refractivity contribution in [2.75, 3.05) is 5.08 Å². The van der Waals surface area contributed by atoms with Crippen LogP contribution in [-0.2, 0) is 21.6 Å². The van der Waals surface area contributed by atoms with E-state index < -0.39 is 21.6 Å². The average molecular weight is 447 g/mol. The third-order valence-corrected chi connectivity index (χ3v) is 9.65. The highest BCUT2D eigenvalue weighted by Gasteiger charge is 2.18. The van der Waals surface area contributed by atoms with Crippen molar-refractivity contribution in [2.24, 2.45) is 0 Å². The van der Waals surface area contributed by atoms with Gasteiger partial charge in [-0.15, -0.1) is 22.7 Å². The predicted molar refractivity (Wildman–Crippen MR) is 107 cm³/mol. The van der Waals surface area contributed by atoms with Crippen molar-refractivity contribution >= 4 is 87.9 Å². The molecule has 0 aliphatic rings. The molecule has 2 aromatic heterocycles. The molecule has 2 heterocycles. The fourth-order valence-electron chi connectivity index (χ4n) is 2.15. The normalized spacial score (nSPS) is 14.2. The van der Waals surface area contributed by atoms with Gasteiger partial charge < -0.3 is 0 Å². The Bertz CT molecular complexity index is 1070. The van der Waals surface area contributed by atoms with Crippen LogP contribution < -0.4 is 0 Å². The SMILES string of the molecule is O=S(CS(=O)c1nc2ccc(Cl)cc2s1)c1nc2ccc(Cl)cc2s1. The van der Waals surface area contributed by atoms with E-state index in [9.17, 15) is 8.42 Å². The van der Waals surface area contributed by atoms with Gasteiger partial charge in [0.05, 0.1) is 42.0 Å². The highest BCUT2D eigenvalue weighted by Crippen LogP contribution is 2.30. The maximum Gasteiger partial charge on any atom is 0.182 e. The maximum atomic E-state index is 12.5. The Morgan fingerprint density at radius 1 is 0.800 bits per heavy atom. The highest BCUT2D eigenvalue weighted by molar-refractivity contribution is 8.03. The summed E-state index contributed by atoms with van der Waals surface area (Å²) < 4.78 is 27.7. The molecular formula is C15H8Cl2N2O2S4. The molecule has 0 bridgehead atoms. The van der Waals surface area contributed by atoms with Crippen LogP contribution in [0.4, 0.5) is 0 Å². The molecule has 0 saturated carbocycles. The molecule has 0 fully saturated rings. The van der Waals surface area contributed by atoms with Crippen LogP contribution in [0.25, 0.3) is 20.4 Å². The first-order valence-corrected chi connectivity index (χ1v) is 11.9. The molecule has 4 rings (SSSR count). The number of aromatic nitrogens is 2. The fourth-order valence-corrected chi connectivity index (χ4v) is 8.23. The second-order valence-electron chi connectivity index (χ2n) is 4.99. The number of hydrogen-bond acceptors (Lipinski definition) is 6. The molecule has 10 heteroatoms. The van der Waals surface area contributed by atoms with E-state index in [-0.39, 0.29) is 5.08 Å². The van der Waals surface area contributed by atoms with Crippen LogP contribution in [-0.4, -0.2) is 23.5 Å². The number of fused-ring (bicyclic) bond motifs is 2. The van der Waals surface area contributed by atoms with E-state index in [0.29, 0.717) is 18.7 Å². The molecule has 2 aromatic carbocycles. The Balaban J connectivity index is 1.58. The maximum absolute atomic E-state index is 12.5. The van der Waals surface area contributed by atoms with Gasteiger partial charge in [-0.2, -0.15) is 0 Å². The molecule has 0 aliphatic carbocycles. The molecule has 2 unspecified atom stereocenters. The number of halogens is 2. The Hall–Kier alpha value is -0.900. The third kappa shape index (κ3) is 3.65. The van der Waals surface area contributed by atoms with Crippen molar-refractivity contribution in [3.05, 3.63) is 46.4 Å². The summed E-state index contributed by atoms with van der Waals surface area (Å²) in [6.45, 7) is 0. The lowest BCUT2D eigenvalue weighted by Crippen LogP contribution is -2.04. The van der Waals surface area contributed by atoms with Gasteiger partial charge >= 0.3 is 0 Å². The summed E-state index contributed by atoms with van der Waals surface area (Å²) in [5, 5.41) is 1.16. The zero-order valence-corrected chi connectivity index (χ0v) is 17.0. The molecule has 4 nitrogen and oxygen atoms in total. The lowest BCUT2D eigenvalue weighted by Gasteiger charge is -1.96. The number of thiazole rings is 2. The van der Waals surface area contributed by atoms with Gasteiger partial charge in [0.2, 0.25) is 0 Å². The number of benzene rings is 2. The lowest BCUT2D eigenvalue weighted by atomic mass is 10.3. The standard InChI is InChI=1S/C15H8Cl2N2O2S4/c16-8-1-3-10-12(5-8)22-14(18-10)24(20)7-25(21)15-19-11-4-2-9(17)6-13(11)23-15/h1-6H,7H2. The van der Waals surface area contributed by atoms with E-state index in [1.54, 1.807) is 36.4 Å². The average Bonchev–Trinajstić information content (AvgIpc) is 3.17. The topological polar surface area (TPSA) is 59.9 Å². The van der Waals surface area contributed by atoms with Crippen LogP contribution in [0.2, 0.25) is 10.0 Å². The minimum absolute atomic E-state index is 0.0406. The van der Waals surface area contributed by atoms with Gasteiger partial charge in [-0.05, 0) is 36.4 Å². The highest BCUT2D eigenvalue weighted by atomic mass is 35.5. The van der Waals surface area contributed by atoms with Crippen LogP contribution in [0.5, 0.6) is 0 Å². The minimum atomic E-state index is -1.47. The quantitative estimate of drug-likeness (QED) is 0.438. The zero-order valence-electron chi connectivity index (χ0n) is 12.3. The molecule has 0 saturated heterocycles. The monoisotopic (exact) mass is 446 g/mol. The Kier molecular flexibility index (Phi) is 4.91. The predicted octanol–water partition coefficient (Wildman–Crippen LogP) is 5.09. The molecule has 2 atom stereocenters. The van der Waals surface area contributed by atoms with E-state index in [1.807, 2.05) is 0 Å². The third-order valence-electron chi connectivity index (χ3n) is 3.27. The molecule has 0 amide bonds. The number of hydrogen-bond donors (Lipinski definition) is 0. The Morgan fingerprint density at radius 2 is 1.24 bits per heavy atom. The van der Waals surface area contributed by atoms with Gasteiger partial charge in [0.15, 0.2) is 8.68 Å². The summed E-state index contributed by atoms with van der Waals surface area (Å²) in [6, 6.07) is 10.6. The van der Waals surface area contributed by atoms with E-state index in [4.69, 9.17) is 23.2 Å². The van der Waals surface area contributed by atoms with Crippen LogP contribution >= 0.6 is 45.9 Å². The van der Waals surface area contributed by atoms with Crippen molar-refractivity contribution in [2.45, 2.75) is 8.68 Å². The van der Waals surface area contributed by atoms with Crippen LogP contribution in [0.15, 0.2) is 45.1 Å². The molecule has 0 N–H and O–H groups in total. The summed E-state index contributed by atoms with van der Waals surface area (Å²) in [6.07, 6.45) is 0. The molecule has 0 aliphatic heterocycles. The largest absolute Gasteiger partial charge is 0.251 e. The second-order valence-corrected chi connectivity index (χ2v) is 11.5. The van der Waals surface area contributed by atoms with E-state index in [1.165, 1.54) is 22.7 Å². The summed E-state index contributed by atoms with van der Waals surface area (Å²) in [5.41, 5.74) is 1.47. The fraction of sp³-hybridized carbons (Fsp3) is 0.0667. The van der Waals surface area contributed by atoms with Crippen LogP contribution in [0, 0.1) is 0 Å². The Labute approximate surface area is 165 Å². The zero-order chi connectivity index (χ0) is 17.6. The van der Waals surface area contributed by atoms with E-state index >= 15 is 0 Å². The summed E-state index contributed by atoms with van der Waals surface area (Å²) in [5.74, 6) is 0.